The molecule has 0 saturated carbocycles. The van der Waals surface area contributed by atoms with Gasteiger partial charge in [-0.05, 0) is 36.8 Å². The highest BCUT2D eigenvalue weighted by molar-refractivity contribution is 6.34. The molecule has 0 spiro atoms. The minimum atomic E-state index is -0.187. The molecular weight excluding hydrogens is 322 g/mol. The highest BCUT2D eigenvalue weighted by Gasteiger charge is 2.16. The van der Waals surface area contributed by atoms with Gasteiger partial charge in [0.05, 0.1) is 10.6 Å². The summed E-state index contributed by atoms with van der Waals surface area (Å²) < 4.78 is 0. The van der Waals surface area contributed by atoms with Crippen molar-refractivity contribution in [1.82, 2.24) is 10.2 Å². The van der Waals surface area contributed by atoms with Crippen LogP contribution in [0.15, 0.2) is 48.5 Å². The zero-order valence-electron chi connectivity index (χ0n) is 13.8. The van der Waals surface area contributed by atoms with Gasteiger partial charge in [0.1, 0.15) is 0 Å². The summed E-state index contributed by atoms with van der Waals surface area (Å²) in [4.78, 5) is 14.8. The van der Waals surface area contributed by atoms with Crippen molar-refractivity contribution in [3.63, 3.8) is 0 Å². The van der Waals surface area contributed by atoms with Crippen molar-refractivity contribution < 1.29 is 4.79 Å². The minimum Gasteiger partial charge on any atom is -0.322 e. The van der Waals surface area contributed by atoms with Crippen molar-refractivity contribution in [2.45, 2.75) is 19.5 Å². The lowest BCUT2D eigenvalue weighted by Crippen LogP contribution is -2.48. The first-order valence-electron chi connectivity index (χ1n) is 8.22. The largest absolute Gasteiger partial charge is 0.322 e. The average molecular weight is 344 g/mol. The molecule has 2 aromatic rings. The zero-order valence-corrected chi connectivity index (χ0v) is 14.5. The molecule has 4 nitrogen and oxygen atoms in total. The quantitative estimate of drug-likeness (QED) is 0.894. The van der Waals surface area contributed by atoms with Crippen LogP contribution in [-0.2, 0) is 6.54 Å². The number of benzene rings is 2. The van der Waals surface area contributed by atoms with Crippen LogP contribution < -0.4 is 10.6 Å². The van der Waals surface area contributed by atoms with E-state index in [0.717, 1.165) is 31.9 Å². The van der Waals surface area contributed by atoms with Crippen molar-refractivity contribution in [2.24, 2.45) is 0 Å². The number of hydrogen-bond acceptors (Lipinski definition) is 3. The number of anilines is 1. The topological polar surface area (TPSA) is 44.4 Å². The highest BCUT2D eigenvalue weighted by atomic mass is 35.5. The third-order valence-electron chi connectivity index (χ3n) is 4.16. The van der Waals surface area contributed by atoms with E-state index in [4.69, 9.17) is 11.6 Å². The van der Waals surface area contributed by atoms with Crippen LogP contribution in [0.25, 0.3) is 0 Å². The number of carbonyl (C=O) groups is 1. The summed E-state index contributed by atoms with van der Waals surface area (Å²) in [5.41, 5.74) is 2.47. The number of amides is 1. The number of nitrogens with zero attached hydrogens (tertiary/aromatic N) is 1. The summed E-state index contributed by atoms with van der Waals surface area (Å²) in [5, 5.41) is 6.84. The van der Waals surface area contributed by atoms with Gasteiger partial charge in [0.25, 0.3) is 5.91 Å². The molecule has 2 aromatic carbocycles. The van der Waals surface area contributed by atoms with Crippen LogP contribution in [-0.4, -0.2) is 36.5 Å². The molecule has 1 unspecified atom stereocenters. The van der Waals surface area contributed by atoms with Gasteiger partial charge in [-0.2, -0.15) is 0 Å². The third kappa shape index (κ3) is 4.35. The van der Waals surface area contributed by atoms with Crippen LogP contribution in [0.3, 0.4) is 0 Å². The molecule has 1 aliphatic rings. The predicted octanol–water partition coefficient (Wildman–Crippen LogP) is 3.39. The standard InChI is InChI=1S/C19H22ClN3O/c1-14-12-23(10-9-21-14)13-15-5-4-6-16(11-15)22-19(24)17-7-2-3-8-18(17)20/h2-8,11,14,21H,9-10,12-13H2,1H3,(H,22,24). The van der Waals surface area contributed by atoms with Gasteiger partial charge in [-0.25, -0.2) is 0 Å². The van der Waals surface area contributed by atoms with Gasteiger partial charge in [0, 0.05) is 37.9 Å². The molecule has 0 aliphatic carbocycles. The lowest BCUT2D eigenvalue weighted by atomic mass is 10.1. The van der Waals surface area contributed by atoms with Gasteiger partial charge >= 0.3 is 0 Å². The smallest absolute Gasteiger partial charge is 0.257 e. The van der Waals surface area contributed by atoms with Crippen LogP contribution in [0.2, 0.25) is 5.02 Å². The SMILES string of the molecule is CC1CN(Cc2cccc(NC(=O)c3ccccc3Cl)c2)CCN1. The molecule has 2 N–H and O–H groups in total. The summed E-state index contributed by atoms with van der Waals surface area (Å²) in [6.45, 7) is 6.19. The Bertz CT molecular complexity index is 719. The maximum absolute atomic E-state index is 12.4. The lowest BCUT2D eigenvalue weighted by molar-refractivity contribution is 0.102. The molecule has 1 amide bonds. The number of nitrogens with one attached hydrogen (secondary N) is 2. The molecule has 1 fully saturated rings. The van der Waals surface area contributed by atoms with Crippen LogP contribution in [0, 0.1) is 0 Å². The number of rotatable bonds is 4. The minimum absolute atomic E-state index is 0.187. The zero-order chi connectivity index (χ0) is 16.9. The number of carbonyl (C=O) groups excluding carboxylic acids is 1. The van der Waals surface area contributed by atoms with Gasteiger partial charge in [0.2, 0.25) is 0 Å². The van der Waals surface area contributed by atoms with Crippen molar-refractivity contribution in [3.05, 3.63) is 64.7 Å². The van der Waals surface area contributed by atoms with E-state index in [1.807, 2.05) is 30.3 Å². The fourth-order valence-electron chi connectivity index (χ4n) is 3.01. The third-order valence-corrected chi connectivity index (χ3v) is 4.49. The lowest BCUT2D eigenvalue weighted by Gasteiger charge is -2.31. The first-order chi connectivity index (χ1) is 11.6. The molecule has 1 saturated heterocycles. The van der Waals surface area contributed by atoms with Gasteiger partial charge in [-0.1, -0.05) is 35.9 Å². The van der Waals surface area contributed by atoms with Gasteiger partial charge in [0.15, 0.2) is 0 Å². The molecule has 3 rings (SSSR count). The maximum Gasteiger partial charge on any atom is 0.257 e. The fourth-order valence-corrected chi connectivity index (χ4v) is 3.23. The van der Waals surface area contributed by atoms with Crippen molar-refractivity contribution >= 4 is 23.2 Å². The molecule has 0 bridgehead atoms. The summed E-state index contributed by atoms with van der Waals surface area (Å²) in [6.07, 6.45) is 0. The van der Waals surface area contributed by atoms with Crippen LogP contribution in [0.1, 0.15) is 22.8 Å². The predicted molar refractivity (Wildman–Crippen MR) is 98.6 cm³/mol. The molecule has 0 aromatic heterocycles. The Labute approximate surface area is 147 Å². The summed E-state index contributed by atoms with van der Waals surface area (Å²) in [6, 6.07) is 15.6. The molecule has 5 heteroatoms. The number of piperazine rings is 1. The normalized spacial score (nSPS) is 18.3. The number of halogens is 1. The molecule has 1 heterocycles. The first kappa shape index (κ1) is 17.0. The van der Waals surface area contributed by atoms with Gasteiger partial charge < -0.3 is 10.6 Å². The Morgan fingerprint density at radius 3 is 2.92 bits per heavy atom. The Hall–Kier alpha value is -1.88. The first-order valence-corrected chi connectivity index (χ1v) is 8.60. The summed E-state index contributed by atoms with van der Waals surface area (Å²) in [5.74, 6) is -0.187. The van der Waals surface area contributed by atoms with Gasteiger partial charge in [-0.15, -0.1) is 0 Å². The van der Waals surface area contributed by atoms with E-state index in [1.54, 1.807) is 12.1 Å². The Morgan fingerprint density at radius 2 is 2.12 bits per heavy atom. The maximum atomic E-state index is 12.4. The summed E-state index contributed by atoms with van der Waals surface area (Å²) >= 11 is 6.09. The van der Waals surface area contributed by atoms with Crippen molar-refractivity contribution in [2.75, 3.05) is 25.0 Å². The van der Waals surface area contributed by atoms with Gasteiger partial charge in [-0.3, -0.25) is 9.69 Å². The fraction of sp³-hybridized carbons (Fsp3) is 0.316. The monoisotopic (exact) mass is 343 g/mol. The van der Waals surface area contributed by atoms with E-state index < -0.39 is 0 Å². The summed E-state index contributed by atoms with van der Waals surface area (Å²) in [7, 11) is 0. The van der Waals surface area contributed by atoms with Crippen LogP contribution >= 0.6 is 11.6 Å². The van der Waals surface area contributed by atoms with E-state index in [-0.39, 0.29) is 5.91 Å². The Balaban J connectivity index is 1.67. The Morgan fingerprint density at radius 1 is 1.29 bits per heavy atom. The second-order valence-electron chi connectivity index (χ2n) is 6.22. The van der Waals surface area contributed by atoms with E-state index in [0.29, 0.717) is 16.6 Å². The molecule has 1 aliphatic heterocycles. The highest BCUT2D eigenvalue weighted by Crippen LogP contribution is 2.18. The molecule has 0 radical (unpaired) electrons. The molecule has 1 atom stereocenters. The second kappa shape index (κ2) is 7.79. The molecular formula is C19H22ClN3O. The van der Waals surface area contributed by atoms with Crippen molar-refractivity contribution in [1.29, 1.82) is 0 Å². The van der Waals surface area contributed by atoms with Crippen LogP contribution in [0.4, 0.5) is 5.69 Å². The molecule has 24 heavy (non-hydrogen) atoms. The van der Waals surface area contributed by atoms with Crippen molar-refractivity contribution in [3.8, 4) is 0 Å². The average Bonchev–Trinajstić information content (AvgIpc) is 2.55. The second-order valence-corrected chi connectivity index (χ2v) is 6.63. The van der Waals surface area contributed by atoms with E-state index >= 15 is 0 Å². The Kier molecular flexibility index (Phi) is 5.51. The van der Waals surface area contributed by atoms with E-state index in [9.17, 15) is 4.79 Å². The number of hydrogen-bond donors (Lipinski definition) is 2. The molecule has 126 valence electrons. The van der Waals surface area contributed by atoms with Crippen LogP contribution in [0.5, 0.6) is 0 Å². The van der Waals surface area contributed by atoms with E-state index in [2.05, 4.69) is 28.5 Å². The van der Waals surface area contributed by atoms with E-state index in [1.165, 1.54) is 5.56 Å².